The van der Waals surface area contributed by atoms with Crippen LogP contribution in [0.4, 0.5) is 4.79 Å². The van der Waals surface area contributed by atoms with Crippen LogP contribution in [0.15, 0.2) is 71.0 Å². The number of rotatable bonds is 14. The Labute approximate surface area is 272 Å². The van der Waals surface area contributed by atoms with Crippen LogP contribution < -0.4 is 35.0 Å². The van der Waals surface area contributed by atoms with Crippen molar-refractivity contribution in [2.24, 2.45) is 5.10 Å². The first-order valence-electron chi connectivity index (χ1n) is 14.4. The second kappa shape index (κ2) is 15.9. The van der Waals surface area contributed by atoms with E-state index in [1.54, 1.807) is 37.3 Å². The number of nitrogens with one attached hydrogen (secondary N) is 3. The highest BCUT2D eigenvalue weighted by molar-refractivity contribution is 6.32. The van der Waals surface area contributed by atoms with Crippen molar-refractivity contribution in [2.45, 2.75) is 39.6 Å². The number of esters is 1. The number of urea groups is 1. The number of aliphatic hydroxyl groups is 1. The number of carbonyl (C=O) groups is 2. The number of hydrazone groups is 1. The molecule has 0 aliphatic carbocycles. The fraction of sp³-hybridized carbons (Fsp3) is 0.303. The SMILES string of the molecule is CCOc1cc([C@H]2NC(=O)NC(C)=C2C(=O)OC)ccc1OC[C@@H](O)N/N=C\c1cc(Cl)c(OCc2cccc(C)c2)c(OC)c1. The number of benzene rings is 3. The minimum absolute atomic E-state index is 0.177. The van der Waals surface area contributed by atoms with Crippen molar-refractivity contribution in [1.29, 1.82) is 0 Å². The zero-order valence-electron chi connectivity index (χ0n) is 26.2. The summed E-state index contributed by atoms with van der Waals surface area (Å²) in [6.45, 7) is 5.92. The summed E-state index contributed by atoms with van der Waals surface area (Å²) in [6.07, 6.45) is 0.296. The van der Waals surface area contributed by atoms with Crippen molar-refractivity contribution >= 4 is 29.8 Å². The van der Waals surface area contributed by atoms with E-state index in [0.717, 1.165) is 11.1 Å². The van der Waals surface area contributed by atoms with Crippen molar-refractivity contribution in [1.82, 2.24) is 16.1 Å². The van der Waals surface area contributed by atoms with Crippen LogP contribution in [0.25, 0.3) is 0 Å². The van der Waals surface area contributed by atoms with Gasteiger partial charge < -0.3 is 39.4 Å². The van der Waals surface area contributed by atoms with Crippen LogP contribution in [0.1, 0.15) is 42.1 Å². The Morgan fingerprint density at radius 3 is 2.59 bits per heavy atom. The van der Waals surface area contributed by atoms with Crippen molar-refractivity contribution < 1.29 is 38.4 Å². The van der Waals surface area contributed by atoms with Gasteiger partial charge in [-0.1, -0.05) is 47.5 Å². The van der Waals surface area contributed by atoms with E-state index < -0.39 is 24.3 Å². The molecule has 2 amide bonds. The number of amides is 2. The van der Waals surface area contributed by atoms with Gasteiger partial charge in [0.2, 0.25) is 0 Å². The van der Waals surface area contributed by atoms with Gasteiger partial charge in [0.1, 0.15) is 13.2 Å². The van der Waals surface area contributed by atoms with Gasteiger partial charge in [-0.25, -0.2) is 9.59 Å². The number of halogens is 1. The summed E-state index contributed by atoms with van der Waals surface area (Å²) in [7, 11) is 2.79. The van der Waals surface area contributed by atoms with Crippen LogP contribution in [0, 0.1) is 6.92 Å². The van der Waals surface area contributed by atoms with E-state index in [4.69, 9.17) is 35.3 Å². The average Bonchev–Trinajstić information content (AvgIpc) is 3.03. The van der Waals surface area contributed by atoms with Crippen molar-refractivity contribution in [3.05, 3.63) is 93.1 Å². The van der Waals surface area contributed by atoms with Gasteiger partial charge in [0.25, 0.3) is 0 Å². The fourth-order valence-electron chi connectivity index (χ4n) is 4.73. The predicted octanol–water partition coefficient (Wildman–Crippen LogP) is 4.76. The largest absolute Gasteiger partial charge is 0.493 e. The number of hydrogen-bond acceptors (Lipinski definition) is 10. The van der Waals surface area contributed by atoms with Gasteiger partial charge in [-0.2, -0.15) is 5.10 Å². The summed E-state index contributed by atoms with van der Waals surface area (Å²) >= 11 is 6.50. The van der Waals surface area contributed by atoms with Crippen LogP contribution in [0.2, 0.25) is 5.02 Å². The van der Waals surface area contributed by atoms with Gasteiger partial charge in [-0.05, 0) is 61.7 Å². The van der Waals surface area contributed by atoms with Crippen LogP contribution in [0.5, 0.6) is 23.0 Å². The normalized spacial score (nSPS) is 15.1. The highest BCUT2D eigenvalue weighted by Crippen LogP contribution is 2.37. The summed E-state index contributed by atoms with van der Waals surface area (Å²) in [5, 5.41) is 20.2. The molecule has 3 aromatic carbocycles. The van der Waals surface area contributed by atoms with Gasteiger partial charge in [-0.3, -0.25) is 5.43 Å². The number of hydrogen-bond donors (Lipinski definition) is 4. The summed E-state index contributed by atoms with van der Waals surface area (Å²) in [4.78, 5) is 24.6. The molecular formula is C33H37ClN4O8. The molecule has 1 heterocycles. The zero-order chi connectivity index (χ0) is 33.2. The number of allylic oxidation sites excluding steroid dienone is 1. The van der Waals surface area contributed by atoms with E-state index in [9.17, 15) is 14.7 Å². The van der Waals surface area contributed by atoms with Crippen LogP contribution in [-0.4, -0.2) is 57.0 Å². The molecule has 0 radical (unpaired) electrons. The molecule has 2 atom stereocenters. The molecule has 0 saturated carbocycles. The summed E-state index contributed by atoms with van der Waals surface area (Å²) in [5.74, 6) is 0.970. The molecule has 12 nitrogen and oxygen atoms in total. The third-order valence-corrected chi connectivity index (χ3v) is 7.11. The summed E-state index contributed by atoms with van der Waals surface area (Å²) in [6, 6.07) is 15.1. The van der Waals surface area contributed by atoms with Crippen LogP contribution in [0.3, 0.4) is 0 Å². The third kappa shape index (κ3) is 8.61. The maximum absolute atomic E-state index is 12.5. The lowest BCUT2D eigenvalue weighted by molar-refractivity contribution is -0.136. The van der Waals surface area contributed by atoms with Gasteiger partial charge in [-0.15, -0.1) is 0 Å². The topological polar surface area (TPSA) is 149 Å². The fourth-order valence-corrected chi connectivity index (χ4v) is 5.01. The number of methoxy groups -OCH3 is 2. The summed E-state index contributed by atoms with van der Waals surface area (Å²) in [5.41, 5.74) is 6.58. The molecule has 4 rings (SSSR count). The molecule has 13 heteroatoms. The second-order valence-corrected chi connectivity index (χ2v) is 10.6. The van der Waals surface area contributed by atoms with Crippen molar-refractivity contribution in [3.63, 3.8) is 0 Å². The molecular weight excluding hydrogens is 616 g/mol. The Hall–Kier alpha value is -4.94. The second-order valence-electron chi connectivity index (χ2n) is 10.2. The minimum Gasteiger partial charge on any atom is -0.493 e. The molecule has 244 valence electrons. The van der Waals surface area contributed by atoms with Gasteiger partial charge >= 0.3 is 12.0 Å². The monoisotopic (exact) mass is 652 g/mol. The summed E-state index contributed by atoms with van der Waals surface area (Å²) < 4.78 is 27.9. The standard InChI is InChI=1S/C33H37ClN4O8/c1-6-44-26-15-23(30-29(32(40)43-5)20(3)36-33(41)37-30)10-11-25(26)45-18-28(39)38-35-16-22-13-24(34)31(27(14-22)42-4)46-17-21-9-7-8-19(2)12-21/h7-16,28,30,38-39H,6,17-18H2,1-5H3,(H2,36,37,41)/b35-16-/t28-,30-/m1/s1. The number of carbonyl (C=O) groups excluding carboxylic acids is 2. The number of aryl methyl sites for hydroxylation is 1. The van der Waals surface area contributed by atoms with E-state index in [0.29, 0.717) is 58.1 Å². The third-order valence-electron chi connectivity index (χ3n) is 6.83. The minimum atomic E-state index is -1.18. The van der Waals surface area contributed by atoms with Crippen LogP contribution in [-0.2, 0) is 16.1 Å². The Morgan fingerprint density at radius 1 is 1.07 bits per heavy atom. The van der Waals surface area contributed by atoms with Crippen LogP contribution >= 0.6 is 11.6 Å². The highest BCUT2D eigenvalue weighted by atomic mass is 35.5. The molecule has 0 aromatic heterocycles. The molecule has 0 saturated heterocycles. The molecule has 3 aromatic rings. The molecule has 0 unspecified atom stereocenters. The van der Waals surface area contributed by atoms with E-state index in [1.165, 1.54) is 20.4 Å². The molecule has 0 bridgehead atoms. The molecule has 1 aliphatic heterocycles. The average molecular weight is 653 g/mol. The highest BCUT2D eigenvalue weighted by Gasteiger charge is 2.32. The van der Waals surface area contributed by atoms with E-state index >= 15 is 0 Å². The maximum atomic E-state index is 12.5. The zero-order valence-corrected chi connectivity index (χ0v) is 26.9. The van der Waals surface area contributed by atoms with E-state index in [1.807, 2.05) is 38.1 Å². The predicted molar refractivity (Wildman–Crippen MR) is 172 cm³/mol. The van der Waals surface area contributed by atoms with Gasteiger partial charge in [0, 0.05) is 5.70 Å². The Balaban J connectivity index is 1.39. The number of aliphatic hydroxyl groups excluding tert-OH is 1. The maximum Gasteiger partial charge on any atom is 0.337 e. The molecule has 0 fully saturated rings. The van der Waals surface area contributed by atoms with Crippen molar-refractivity contribution in [3.8, 4) is 23.0 Å². The first-order valence-corrected chi connectivity index (χ1v) is 14.8. The lowest BCUT2D eigenvalue weighted by Gasteiger charge is -2.28. The molecule has 1 aliphatic rings. The Morgan fingerprint density at radius 2 is 1.87 bits per heavy atom. The Kier molecular flexibility index (Phi) is 11.7. The van der Waals surface area contributed by atoms with E-state index in [2.05, 4.69) is 21.2 Å². The smallest absolute Gasteiger partial charge is 0.337 e. The van der Waals surface area contributed by atoms with Crippen molar-refractivity contribution in [2.75, 3.05) is 27.4 Å². The van der Waals surface area contributed by atoms with Gasteiger partial charge in [0.05, 0.1) is 43.7 Å². The molecule has 4 N–H and O–H groups in total. The lowest BCUT2D eigenvalue weighted by Crippen LogP contribution is -2.45. The molecule has 46 heavy (non-hydrogen) atoms. The first-order chi connectivity index (χ1) is 22.1. The lowest BCUT2D eigenvalue weighted by atomic mass is 9.95. The number of nitrogens with zero attached hydrogens (tertiary/aromatic N) is 1. The first kappa shape index (κ1) is 33.9. The van der Waals surface area contributed by atoms with E-state index in [-0.39, 0.29) is 12.2 Å². The Bertz CT molecular complexity index is 1630. The quantitative estimate of drug-likeness (QED) is 0.0837. The number of ether oxygens (including phenoxy) is 5. The molecule has 0 spiro atoms. The van der Waals surface area contributed by atoms with Gasteiger partial charge in [0.15, 0.2) is 29.2 Å².